The highest BCUT2D eigenvalue weighted by Crippen LogP contribution is 2.26. The molecule has 2 heterocycles. The molecule has 1 aliphatic heterocycles. The minimum absolute atomic E-state index is 0.153. The molecule has 1 aromatic heterocycles. The summed E-state index contributed by atoms with van der Waals surface area (Å²) in [5.41, 5.74) is 5.30. The number of likely N-dealkylation sites (tertiary alicyclic amines) is 1. The molecule has 0 atom stereocenters. The first-order valence-electron chi connectivity index (χ1n) is 9.43. The summed E-state index contributed by atoms with van der Waals surface area (Å²) in [6.07, 6.45) is 11.4. The predicted molar refractivity (Wildman–Crippen MR) is 94.9 cm³/mol. The van der Waals surface area contributed by atoms with Crippen LogP contribution < -0.4 is 11.1 Å². The molecule has 1 saturated carbocycles. The molecule has 0 unspecified atom stereocenters. The van der Waals surface area contributed by atoms with Crippen molar-refractivity contribution in [3.8, 4) is 0 Å². The number of hydrogen-bond donors (Lipinski definition) is 2. The lowest BCUT2D eigenvalue weighted by molar-refractivity contribution is -0.123. The molecule has 2 fully saturated rings. The van der Waals surface area contributed by atoms with Crippen LogP contribution in [0.15, 0.2) is 12.4 Å². The van der Waals surface area contributed by atoms with Crippen molar-refractivity contribution in [3.05, 3.63) is 18.2 Å². The Morgan fingerprint density at radius 1 is 1.12 bits per heavy atom. The number of hydrogen-bond acceptors (Lipinski definition) is 4. The Balaban J connectivity index is 1.44. The molecule has 7 heteroatoms. The number of nitrogens with zero attached hydrogens (tertiary/aromatic N) is 3. The van der Waals surface area contributed by atoms with E-state index in [1.54, 1.807) is 6.20 Å². The molecule has 3 N–H and O–H groups in total. The van der Waals surface area contributed by atoms with Gasteiger partial charge < -0.3 is 15.6 Å². The molecule has 138 valence electrons. The highest BCUT2D eigenvalue weighted by atomic mass is 16.2. The second kappa shape index (κ2) is 8.47. The maximum atomic E-state index is 12.2. The van der Waals surface area contributed by atoms with E-state index in [1.165, 1.54) is 19.3 Å². The predicted octanol–water partition coefficient (Wildman–Crippen LogP) is 0.997. The van der Waals surface area contributed by atoms with E-state index in [2.05, 4.69) is 15.2 Å². The third kappa shape index (κ3) is 5.04. The number of amides is 2. The van der Waals surface area contributed by atoms with Crippen molar-refractivity contribution in [3.63, 3.8) is 0 Å². The number of imidazole rings is 1. The summed E-state index contributed by atoms with van der Waals surface area (Å²) >= 11 is 0. The molecule has 3 rings (SSSR count). The van der Waals surface area contributed by atoms with Crippen molar-refractivity contribution in [2.45, 2.75) is 63.5 Å². The standard InChI is InChI=1S/C18H29N5O2/c19-16(24)12-23-11-8-20-18(23)14-6-9-22(10-7-14)13-17(25)21-15-4-2-1-3-5-15/h8,11,14-15H,1-7,9-10,12-13H2,(H2,19,24)(H,21,25). The summed E-state index contributed by atoms with van der Waals surface area (Å²) in [4.78, 5) is 30.0. The second-order valence-electron chi connectivity index (χ2n) is 7.33. The highest BCUT2D eigenvalue weighted by molar-refractivity contribution is 5.78. The molecule has 0 bridgehead atoms. The van der Waals surface area contributed by atoms with Gasteiger partial charge >= 0.3 is 0 Å². The fraction of sp³-hybridized carbons (Fsp3) is 0.722. The lowest BCUT2D eigenvalue weighted by Crippen LogP contribution is -2.45. The topological polar surface area (TPSA) is 93.2 Å². The third-order valence-corrected chi connectivity index (χ3v) is 5.36. The monoisotopic (exact) mass is 347 g/mol. The van der Waals surface area contributed by atoms with E-state index < -0.39 is 0 Å². The summed E-state index contributed by atoms with van der Waals surface area (Å²) in [7, 11) is 0. The van der Waals surface area contributed by atoms with Crippen LogP contribution in [0.1, 0.15) is 56.7 Å². The van der Waals surface area contributed by atoms with Crippen molar-refractivity contribution in [1.82, 2.24) is 19.8 Å². The maximum Gasteiger partial charge on any atom is 0.237 e. The Morgan fingerprint density at radius 3 is 2.52 bits per heavy atom. The van der Waals surface area contributed by atoms with Gasteiger partial charge in [-0.15, -0.1) is 0 Å². The molecular weight excluding hydrogens is 318 g/mol. The minimum atomic E-state index is -0.351. The van der Waals surface area contributed by atoms with Crippen molar-refractivity contribution in [2.24, 2.45) is 5.73 Å². The first-order chi connectivity index (χ1) is 12.1. The molecule has 0 spiro atoms. The molecule has 1 saturated heterocycles. The van der Waals surface area contributed by atoms with E-state index in [9.17, 15) is 9.59 Å². The Morgan fingerprint density at radius 2 is 1.84 bits per heavy atom. The SMILES string of the molecule is NC(=O)Cn1ccnc1C1CCN(CC(=O)NC2CCCCC2)CC1. The molecule has 0 radical (unpaired) electrons. The fourth-order valence-corrected chi connectivity index (χ4v) is 4.05. The number of piperidine rings is 1. The van der Waals surface area contributed by atoms with Crippen molar-refractivity contribution in [1.29, 1.82) is 0 Å². The van der Waals surface area contributed by atoms with Gasteiger partial charge in [0.05, 0.1) is 6.54 Å². The zero-order valence-electron chi connectivity index (χ0n) is 14.8. The first kappa shape index (κ1) is 17.9. The van der Waals surface area contributed by atoms with Crippen LogP contribution >= 0.6 is 0 Å². The molecule has 7 nitrogen and oxygen atoms in total. The van der Waals surface area contributed by atoms with Crippen LogP contribution in [-0.2, 0) is 16.1 Å². The van der Waals surface area contributed by atoms with Crippen molar-refractivity contribution >= 4 is 11.8 Å². The molecule has 1 aromatic rings. The second-order valence-corrected chi connectivity index (χ2v) is 7.33. The maximum absolute atomic E-state index is 12.2. The fourth-order valence-electron chi connectivity index (χ4n) is 4.05. The number of carbonyl (C=O) groups is 2. The summed E-state index contributed by atoms with van der Waals surface area (Å²) in [5.74, 6) is 1.06. The number of carbonyl (C=O) groups excluding carboxylic acids is 2. The van der Waals surface area contributed by atoms with Gasteiger partial charge in [0.25, 0.3) is 0 Å². The van der Waals surface area contributed by atoms with Crippen molar-refractivity contribution in [2.75, 3.05) is 19.6 Å². The third-order valence-electron chi connectivity index (χ3n) is 5.36. The average Bonchev–Trinajstić information content (AvgIpc) is 3.04. The highest BCUT2D eigenvalue weighted by Gasteiger charge is 2.26. The number of rotatable bonds is 6. The molecule has 2 amide bonds. The van der Waals surface area contributed by atoms with E-state index in [4.69, 9.17) is 5.73 Å². The van der Waals surface area contributed by atoms with E-state index >= 15 is 0 Å². The van der Waals surface area contributed by atoms with Crippen molar-refractivity contribution < 1.29 is 9.59 Å². The lowest BCUT2D eigenvalue weighted by Gasteiger charge is -2.32. The molecule has 2 aliphatic rings. The quantitative estimate of drug-likeness (QED) is 0.803. The lowest BCUT2D eigenvalue weighted by atomic mass is 9.95. The Labute approximate surface area is 149 Å². The Hall–Kier alpha value is -1.89. The van der Waals surface area contributed by atoms with E-state index in [1.807, 2.05) is 10.8 Å². The molecule has 1 aliphatic carbocycles. The van der Waals surface area contributed by atoms with E-state index in [-0.39, 0.29) is 18.4 Å². The van der Waals surface area contributed by atoms with Gasteiger partial charge in [-0.1, -0.05) is 19.3 Å². The Bertz CT molecular complexity index is 586. The molecular formula is C18H29N5O2. The van der Waals surface area contributed by atoms with Crippen LogP contribution in [0.5, 0.6) is 0 Å². The van der Waals surface area contributed by atoms with Gasteiger partial charge in [0.15, 0.2) is 0 Å². The van der Waals surface area contributed by atoms with E-state index in [0.29, 0.717) is 18.5 Å². The number of aromatic nitrogens is 2. The van der Waals surface area contributed by atoms with Gasteiger partial charge in [0, 0.05) is 24.4 Å². The van der Waals surface area contributed by atoms with Crippen LogP contribution in [0.25, 0.3) is 0 Å². The van der Waals surface area contributed by atoms with Gasteiger partial charge in [0.1, 0.15) is 12.4 Å². The number of nitrogens with two attached hydrogens (primary N) is 1. The molecule has 0 aromatic carbocycles. The summed E-state index contributed by atoms with van der Waals surface area (Å²) < 4.78 is 1.85. The molecule has 25 heavy (non-hydrogen) atoms. The van der Waals surface area contributed by atoms with Gasteiger partial charge in [0.2, 0.25) is 11.8 Å². The van der Waals surface area contributed by atoms with Crippen LogP contribution in [-0.4, -0.2) is 51.9 Å². The zero-order valence-corrected chi connectivity index (χ0v) is 14.8. The van der Waals surface area contributed by atoms with Gasteiger partial charge in [-0.2, -0.15) is 0 Å². The van der Waals surface area contributed by atoms with Gasteiger partial charge in [-0.25, -0.2) is 4.98 Å². The van der Waals surface area contributed by atoms with Crippen LogP contribution in [0.4, 0.5) is 0 Å². The van der Waals surface area contributed by atoms with E-state index in [0.717, 1.165) is 44.6 Å². The first-order valence-corrected chi connectivity index (χ1v) is 9.43. The normalized spacial score (nSPS) is 20.5. The smallest absolute Gasteiger partial charge is 0.237 e. The van der Waals surface area contributed by atoms with Gasteiger partial charge in [-0.3, -0.25) is 14.5 Å². The van der Waals surface area contributed by atoms with Crippen LogP contribution in [0.3, 0.4) is 0 Å². The summed E-state index contributed by atoms with van der Waals surface area (Å²) in [6, 6.07) is 0.375. The summed E-state index contributed by atoms with van der Waals surface area (Å²) in [6.45, 7) is 2.43. The Kier molecular flexibility index (Phi) is 6.07. The van der Waals surface area contributed by atoms with Crippen LogP contribution in [0.2, 0.25) is 0 Å². The van der Waals surface area contributed by atoms with Gasteiger partial charge in [-0.05, 0) is 38.8 Å². The minimum Gasteiger partial charge on any atom is -0.368 e. The summed E-state index contributed by atoms with van der Waals surface area (Å²) in [5, 5.41) is 3.19. The number of primary amides is 1. The average molecular weight is 347 g/mol. The van der Waals surface area contributed by atoms with Crippen LogP contribution in [0, 0.1) is 0 Å². The number of nitrogens with one attached hydrogen (secondary N) is 1. The zero-order chi connectivity index (χ0) is 17.6. The largest absolute Gasteiger partial charge is 0.368 e.